The fraction of sp³-hybridized carbons (Fsp3) is 0.231. The van der Waals surface area contributed by atoms with Crippen LogP contribution in [0.1, 0.15) is 28.1 Å². The number of aromatic nitrogens is 1. The normalized spacial score (nSPS) is 12.1. The third-order valence-corrected chi connectivity index (χ3v) is 3.59. The summed E-state index contributed by atoms with van der Waals surface area (Å²) in [4.78, 5) is 15.0. The van der Waals surface area contributed by atoms with Gasteiger partial charge in [-0.3, -0.25) is 0 Å². The van der Waals surface area contributed by atoms with E-state index >= 15 is 0 Å². The van der Waals surface area contributed by atoms with Crippen molar-refractivity contribution in [2.75, 3.05) is 11.9 Å². The number of aromatic carboxylic acids is 1. The lowest BCUT2D eigenvalue weighted by atomic mass is 10.0. The number of hydrogen-bond acceptors (Lipinski definition) is 4. The summed E-state index contributed by atoms with van der Waals surface area (Å²) in [6.07, 6.45) is 1.38. The molecule has 0 aliphatic carbocycles. The number of carboxylic acid groups (broad SMARTS) is 1. The van der Waals surface area contributed by atoms with Gasteiger partial charge < -0.3 is 10.4 Å². The van der Waals surface area contributed by atoms with Gasteiger partial charge >= 0.3 is 5.97 Å². The molecule has 0 aliphatic heterocycles. The fourth-order valence-corrected chi connectivity index (χ4v) is 2.26. The maximum atomic E-state index is 10.7. The standard InChI is InChI=1S/C13H14N2O2S/c1-9(10-5-3-2-4-6-10)7-14-13-15-8-11(18-13)12(16)17/h2-6,8-9H,7H2,1H3,(H,14,15)(H,16,17). The van der Waals surface area contributed by atoms with E-state index < -0.39 is 5.97 Å². The van der Waals surface area contributed by atoms with E-state index in [0.717, 1.165) is 17.9 Å². The lowest BCUT2D eigenvalue weighted by Crippen LogP contribution is -2.09. The Kier molecular flexibility index (Phi) is 3.94. The average Bonchev–Trinajstić information content (AvgIpc) is 2.86. The minimum atomic E-state index is -0.934. The van der Waals surface area contributed by atoms with Crippen LogP contribution in [0.15, 0.2) is 36.5 Å². The van der Waals surface area contributed by atoms with Crippen molar-refractivity contribution in [2.45, 2.75) is 12.8 Å². The van der Waals surface area contributed by atoms with Gasteiger partial charge in [0.2, 0.25) is 0 Å². The molecule has 0 aliphatic rings. The minimum absolute atomic E-state index is 0.255. The zero-order chi connectivity index (χ0) is 13.0. The van der Waals surface area contributed by atoms with Gasteiger partial charge in [-0.2, -0.15) is 0 Å². The molecule has 1 aromatic heterocycles. The first-order valence-corrected chi connectivity index (χ1v) is 6.46. The third-order valence-electron chi connectivity index (χ3n) is 2.64. The summed E-state index contributed by atoms with van der Waals surface area (Å²) in [5, 5.41) is 12.6. The summed E-state index contributed by atoms with van der Waals surface area (Å²) in [6.45, 7) is 2.85. The van der Waals surface area contributed by atoms with Crippen molar-refractivity contribution < 1.29 is 9.90 Å². The van der Waals surface area contributed by atoms with Gasteiger partial charge in [0, 0.05) is 6.54 Å². The predicted molar refractivity (Wildman–Crippen MR) is 72.4 cm³/mol. The van der Waals surface area contributed by atoms with Gasteiger partial charge in [0.05, 0.1) is 6.20 Å². The highest BCUT2D eigenvalue weighted by Gasteiger charge is 2.09. The van der Waals surface area contributed by atoms with Crippen molar-refractivity contribution >= 4 is 22.4 Å². The third kappa shape index (κ3) is 3.07. The van der Waals surface area contributed by atoms with E-state index in [0.29, 0.717) is 11.0 Å². The van der Waals surface area contributed by atoms with E-state index in [1.165, 1.54) is 11.8 Å². The second kappa shape index (κ2) is 5.64. The molecule has 0 saturated carbocycles. The van der Waals surface area contributed by atoms with E-state index in [4.69, 9.17) is 5.11 Å². The lowest BCUT2D eigenvalue weighted by Gasteiger charge is -2.11. The molecule has 1 atom stereocenters. The van der Waals surface area contributed by atoms with Crippen LogP contribution in [0.2, 0.25) is 0 Å². The molecule has 0 saturated heterocycles. The Morgan fingerprint density at radius 2 is 2.17 bits per heavy atom. The number of nitrogens with one attached hydrogen (secondary N) is 1. The summed E-state index contributed by atoms with van der Waals surface area (Å²) in [5.41, 5.74) is 1.25. The SMILES string of the molecule is CC(CNc1ncc(C(=O)O)s1)c1ccccc1. The van der Waals surface area contributed by atoms with Crippen molar-refractivity contribution in [1.82, 2.24) is 4.98 Å². The summed E-state index contributed by atoms with van der Waals surface area (Å²) in [5.74, 6) is -0.583. The highest BCUT2D eigenvalue weighted by Crippen LogP contribution is 2.20. The molecule has 0 spiro atoms. The Morgan fingerprint density at radius 3 is 2.78 bits per heavy atom. The van der Waals surface area contributed by atoms with Crippen LogP contribution in [-0.4, -0.2) is 22.6 Å². The van der Waals surface area contributed by atoms with E-state index in [1.54, 1.807) is 0 Å². The van der Waals surface area contributed by atoms with Gasteiger partial charge in [-0.05, 0) is 11.5 Å². The molecule has 1 heterocycles. The first kappa shape index (κ1) is 12.6. The molecule has 1 aromatic carbocycles. The van der Waals surface area contributed by atoms with Gasteiger partial charge in [0.15, 0.2) is 5.13 Å². The molecule has 0 bridgehead atoms. The van der Waals surface area contributed by atoms with Crippen LogP contribution in [0, 0.1) is 0 Å². The lowest BCUT2D eigenvalue weighted by molar-refractivity contribution is 0.0702. The molecular formula is C13H14N2O2S. The van der Waals surface area contributed by atoms with E-state index in [2.05, 4.69) is 29.4 Å². The van der Waals surface area contributed by atoms with Crippen molar-refractivity contribution in [3.63, 3.8) is 0 Å². The smallest absolute Gasteiger partial charge is 0.347 e. The number of carbonyl (C=O) groups is 1. The number of thiazole rings is 1. The average molecular weight is 262 g/mol. The second-order valence-electron chi connectivity index (χ2n) is 4.03. The largest absolute Gasteiger partial charge is 0.477 e. The molecule has 2 aromatic rings. The van der Waals surface area contributed by atoms with E-state index in [1.807, 2.05) is 18.2 Å². The summed E-state index contributed by atoms with van der Waals surface area (Å²) >= 11 is 1.16. The number of carboxylic acids is 1. The zero-order valence-corrected chi connectivity index (χ0v) is 10.8. The molecule has 94 valence electrons. The van der Waals surface area contributed by atoms with Gasteiger partial charge in [0.25, 0.3) is 0 Å². The highest BCUT2D eigenvalue weighted by molar-refractivity contribution is 7.17. The Bertz CT molecular complexity index is 525. The Balaban J connectivity index is 1.93. The van der Waals surface area contributed by atoms with Crippen molar-refractivity contribution in [3.8, 4) is 0 Å². The monoisotopic (exact) mass is 262 g/mol. The summed E-state index contributed by atoms with van der Waals surface area (Å²) < 4.78 is 0. The predicted octanol–water partition coefficient (Wildman–Crippen LogP) is 3.06. The molecule has 2 N–H and O–H groups in total. The molecule has 0 radical (unpaired) electrons. The minimum Gasteiger partial charge on any atom is -0.477 e. The molecule has 0 fully saturated rings. The summed E-state index contributed by atoms with van der Waals surface area (Å²) in [7, 11) is 0. The zero-order valence-electron chi connectivity index (χ0n) is 9.96. The first-order valence-electron chi connectivity index (χ1n) is 5.64. The maximum Gasteiger partial charge on any atom is 0.347 e. The maximum absolute atomic E-state index is 10.7. The van der Waals surface area contributed by atoms with Gasteiger partial charge in [0.1, 0.15) is 4.88 Å². The molecule has 5 heteroatoms. The van der Waals surface area contributed by atoms with E-state index in [-0.39, 0.29) is 4.88 Å². The van der Waals surface area contributed by atoms with Crippen LogP contribution < -0.4 is 5.32 Å². The topological polar surface area (TPSA) is 62.2 Å². The van der Waals surface area contributed by atoms with Crippen LogP contribution in [0.3, 0.4) is 0 Å². The van der Waals surface area contributed by atoms with Crippen LogP contribution in [0.5, 0.6) is 0 Å². The Hall–Kier alpha value is -1.88. The number of nitrogens with zero attached hydrogens (tertiary/aromatic N) is 1. The van der Waals surface area contributed by atoms with Crippen molar-refractivity contribution in [3.05, 3.63) is 47.0 Å². The quantitative estimate of drug-likeness (QED) is 0.869. The number of hydrogen-bond donors (Lipinski definition) is 2. The first-order chi connectivity index (χ1) is 8.66. The van der Waals surface area contributed by atoms with Crippen molar-refractivity contribution in [1.29, 1.82) is 0 Å². The molecule has 2 rings (SSSR count). The second-order valence-corrected chi connectivity index (χ2v) is 5.06. The van der Waals surface area contributed by atoms with Crippen LogP contribution >= 0.6 is 11.3 Å². The Labute approximate surface area is 109 Å². The van der Waals surface area contributed by atoms with Crippen LogP contribution in [0.4, 0.5) is 5.13 Å². The van der Waals surface area contributed by atoms with Crippen LogP contribution in [0.25, 0.3) is 0 Å². The number of rotatable bonds is 5. The van der Waals surface area contributed by atoms with Crippen molar-refractivity contribution in [2.24, 2.45) is 0 Å². The molecular weight excluding hydrogens is 248 g/mol. The Morgan fingerprint density at radius 1 is 1.44 bits per heavy atom. The van der Waals surface area contributed by atoms with E-state index in [9.17, 15) is 4.79 Å². The fourth-order valence-electron chi connectivity index (χ4n) is 1.59. The molecule has 4 nitrogen and oxygen atoms in total. The number of benzene rings is 1. The highest BCUT2D eigenvalue weighted by atomic mass is 32.1. The van der Waals surface area contributed by atoms with Crippen LogP contribution in [-0.2, 0) is 0 Å². The summed E-state index contributed by atoms with van der Waals surface area (Å²) in [6, 6.07) is 10.2. The molecule has 0 amide bonds. The van der Waals surface area contributed by atoms with Gasteiger partial charge in [-0.1, -0.05) is 48.6 Å². The molecule has 18 heavy (non-hydrogen) atoms. The van der Waals surface area contributed by atoms with Gasteiger partial charge in [-0.15, -0.1) is 0 Å². The van der Waals surface area contributed by atoms with Gasteiger partial charge in [-0.25, -0.2) is 9.78 Å². The molecule has 1 unspecified atom stereocenters. The number of anilines is 1.